The zero-order chi connectivity index (χ0) is 6.41. The van der Waals surface area contributed by atoms with Gasteiger partial charge in [-0.2, -0.15) is 0 Å². The fraction of sp³-hybridized carbons (Fsp3) is 0.167. The van der Waals surface area contributed by atoms with Crippen molar-refractivity contribution in [3.05, 3.63) is 24.3 Å². The average Bonchev–Trinajstić information content (AvgIpc) is 1.66. The van der Waals surface area contributed by atoms with Crippen LogP contribution in [0.2, 0.25) is 0 Å². The molecule has 0 rings (SSSR count). The Morgan fingerprint density at radius 2 is 2.00 bits per heavy atom. The van der Waals surface area contributed by atoms with Crippen molar-refractivity contribution >= 4 is 5.97 Å². The second kappa shape index (κ2) is 7.48. The third-order valence-electron chi connectivity index (χ3n) is 0.542. The van der Waals surface area contributed by atoms with Crippen LogP contribution in [0.4, 0.5) is 0 Å². The molecule has 1 N–H and O–H groups in total. The molecule has 0 aromatic carbocycles. The van der Waals surface area contributed by atoms with Gasteiger partial charge in [-0.3, -0.25) is 0 Å². The van der Waals surface area contributed by atoms with Gasteiger partial charge in [-0.25, -0.2) is 4.79 Å². The number of carbonyl (C=O) groups is 1. The maximum Gasteiger partial charge on any atom is 0.328 e. The number of aliphatic carboxylic acids is 1. The second-order valence-corrected chi connectivity index (χ2v) is 1.22. The van der Waals surface area contributed by atoms with Crippen LogP contribution in [0.3, 0.4) is 0 Å². The predicted molar refractivity (Wildman–Crippen MR) is 31.6 cm³/mol. The van der Waals surface area contributed by atoms with E-state index >= 15 is 0 Å². The number of carboxylic acid groups (broad SMARTS) is 1. The van der Waals surface area contributed by atoms with Crippen molar-refractivity contribution in [2.45, 2.75) is 6.92 Å². The van der Waals surface area contributed by atoms with Gasteiger partial charge in [0.05, 0.1) is 0 Å². The van der Waals surface area contributed by atoms with E-state index in [-0.39, 0.29) is 17.4 Å². The maximum atomic E-state index is 9.75. The van der Waals surface area contributed by atoms with E-state index in [2.05, 4.69) is 0 Å². The molecule has 0 aliphatic rings. The zero-order valence-electron chi connectivity index (χ0n) is 5.07. The molecule has 0 aromatic heterocycles. The Morgan fingerprint density at radius 3 is 2.33 bits per heavy atom. The molecule has 0 bridgehead atoms. The SMILES string of the molecule is C/C=C/C=C/C(=O)O.[Cr]. The molecule has 0 fully saturated rings. The molecule has 0 unspecified atom stereocenters. The second-order valence-electron chi connectivity index (χ2n) is 1.22. The summed E-state index contributed by atoms with van der Waals surface area (Å²) in [6.07, 6.45) is 5.98. The van der Waals surface area contributed by atoms with Crippen molar-refractivity contribution in [1.29, 1.82) is 0 Å². The van der Waals surface area contributed by atoms with Gasteiger partial charge >= 0.3 is 5.97 Å². The maximum absolute atomic E-state index is 9.75. The molecule has 9 heavy (non-hydrogen) atoms. The molecule has 0 heterocycles. The van der Waals surface area contributed by atoms with E-state index in [9.17, 15) is 4.79 Å². The minimum absolute atomic E-state index is 0. The fourth-order valence-electron chi connectivity index (χ4n) is 0.249. The zero-order valence-corrected chi connectivity index (χ0v) is 6.35. The molecule has 2 nitrogen and oxygen atoms in total. The first-order chi connectivity index (χ1) is 3.77. The number of carboxylic acids is 1. The fourth-order valence-corrected chi connectivity index (χ4v) is 0.249. The molecule has 0 spiro atoms. The summed E-state index contributed by atoms with van der Waals surface area (Å²) < 4.78 is 0. The number of rotatable bonds is 2. The monoisotopic (exact) mass is 164 g/mol. The first-order valence-corrected chi connectivity index (χ1v) is 2.29. The Balaban J connectivity index is 0. The number of allylic oxidation sites excluding steroid dienone is 3. The Kier molecular flexibility index (Phi) is 9.40. The summed E-state index contributed by atoms with van der Waals surface area (Å²) in [5.41, 5.74) is 0. The molecule has 0 amide bonds. The normalized spacial score (nSPS) is 9.89. The summed E-state index contributed by atoms with van der Waals surface area (Å²) in [6.45, 7) is 1.83. The van der Waals surface area contributed by atoms with E-state index in [1.807, 2.05) is 6.92 Å². The molecular weight excluding hydrogens is 156 g/mol. The summed E-state index contributed by atoms with van der Waals surface area (Å²) >= 11 is 0. The molecule has 0 saturated carbocycles. The van der Waals surface area contributed by atoms with Gasteiger partial charge in [0.15, 0.2) is 0 Å². The third kappa shape index (κ3) is 11.2. The van der Waals surface area contributed by atoms with Crippen LogP contribution in [0.15, 0.2) is 24.3 Å². The van der Waals surface area contributed by atoms with E-state index < -0.39 is 5.97 Å². The van der Waals surface area contributed by atoms with Crippen molar-refractivity contribution in [2.24, 2.45) is 0 Å². The molecule has 0 aliphatic carbocycles. The molecular formula is C6H8CrO2. The number of hydrogen-bond acceptors (Lipinski definition) is 1. The van der Waals surface area contributed by atoms with Crippen molar-refractivity contribution < 1.29 is 27.3 Å². The summed E-state index contributed by atoms with van der Waals surface area (Å²) in [5.74, 6) is -0.914. The standard InChI is InChI=1S/C6H8O2.Cr/c1-2-3-4-5-6(7)8;/h2-5H,1H3,(H,7,8);/b3-2+,5-4+;. The molecule has 3 heteroatoms. The Bertz CT molecular complexity index is 127. The third-order valence-corrected chi connectivity index (χ3v) is 0.542. The molecule has 0 atom stereocenters. The van der Waals surface area contributed by atoms with Crippen LogP contribution in [-0.2, 0) is 22.2 Å². The van der Waals surface area contributed by atoms with Gasteiger partial charge in [0.2, 0.25) is 0 Å². The first-order valence-electron chi connectivity index (χ1n) is 2.29. The van der Waals surface area contributed by atoms with Crippen LogP contribution in [0.25, 0.3) is 0 Å². The van der Waals surface area contributed by atoms with Gasteiger partial charge in [-0.1, -0.05) is 18.2 Å². The smallest absolute Gasteiger partial charge is 0.328 e. The van der Waals surface area contributed by atoms with Crippen LogP contribution in [0, 0.1) is 0 Å². The molecule has 0 aliphatic heterocycles. The quantitative estimate of drug-likeness (QED) is 0.491. The van der Waals surface area contributed by atoms with Crippen LogP contribution in [0.5, 0.6) is 0 Å². The Morgan fingerprint density at radius 1 is 1.44 bits per heavy atom. The van der Waals surface area contributed by atoms with Crippen LogP contribution in [-0.4, -0.2) is 11.1 Å². The van der Waals surface area contributed by atoms with Crippen LogP contribution < -0.4 is 0 Å². The summed E-state index contributed by atoms with van der Waals surface area (Å²) in [4.78, 5) is 9.75. The topological polar surface area (TPSA) is 37.3 Å². The Hall–Kier alpha value is -0.518. The van der Waals surface area contributed by atoms with E-state index in [0.29, 0.717) is 0 Å². The van der Waals surface area contributed by atoms with Crippen LogP contribution in [0.1, 0.15) is 6.92 Å². The molecule has 0 saturated heterocycles. The summed E-state index contributed by atoms with van der Waals surface area (Å²) in [5, 5.41) is 8.02. The molecule has 50 valence electrons. The predicted octanol–water partition coefficient (Wildman–Crippen LogP) is 1.20. The van der Waals surface area contributed by atoms with Gasteiger partial charge in [-0.05, 0) is 6.92 Å². The molecule has 0 radical (unpaired) electrons. The van der Waals surface area contributed by atoms with E-state index in [0.717, 1.165) is 6.08 Å². The van der Waals surface area contributed by atoms with Gasteiger partial charge in [0, 0.05) is 23.4 Å². The number of hydrogen-bond donors (Lipinski definition) is 1. The van der Waals surface area contributed by atoms with Crippen molar-refractivity contribution in [3.63, 3.8) is 0 Å². The summed E-state index contributed by atoms with van der Waals surface area (Å²) in [6, 6.07) is 0. The van der Waals surface area contributed by atoms with E-state index in [1.165, 1.54) is 6.08 Å². The van der Waals surface area contributed by atoms with Gasteiger partial charge in [0.25, 0.3) is 0 Å². The van der Waals surface area contributed by atoms with Gasteiger partial charge < -0.3 is 5.11 Å². The minimum atomic E-state index is -0.914. The molecule has 0 aromatic rings. The van der Waals surface area contributed by atoms with Crippen molar-refractivity contribution in [1.82, 2.24) is 0 Å². The van der Waals surface area contributed by atoms with E-state index in [4.69, 9.17) is 5.11 Å². The van der Waals surface area contributed by atoms with E-state index in [1.54, 1.807) is 12.2 Å². The average molecular weight is 164 g/mol. The van der Waals surface area contributed by atoms with Gasteiger partial charge in [-0.15, -0.1) is 0 Å². The Labute approximate surface area is 65.0 Å². The first kappa shape index (κ1) is 11.3. The summed E-state index contributed by atoms with van der Waals surface area (Å²) in [7, 11) is 0. The van der Waals surface area contributed by atoms with Crippen molar-refractivity contribution in [3.8, 4) is 0 Å². The largest absolute Gasteiger partial charge is 0.478 e. The van der Waals surface area contributed by atoms with Gasteiger partial charge in [0.1, 0.15) is 0 Å². The van der Waals surface area contributed by atoms with Crippen molar-refractivity contribution in [2.75, 3.05) is 0 Å². The minimum Gasteiger partial charge on any atom is -0.478 e. The van der Waals surface area contributed by atoms with Crippen LogP contribution >= 0.6 is 0 Å².